The summed E-state index contributed by atoms with van der Waals surface area (Å²) in [5, 5.41) is 6.74. The Morgan fingerprint density at radius 3 is 3.04 bits per heavy atom. The van der Waals surface area contributed by atoms with Crippen LogP contribution in [0.25, 0.3) is 0 Å². The Morgan fingerprint density at radius 1 is 1.50 bits per heavy atom. The van der Waals surface area contributed by atoms with Crippen LogP contribution in [0.1, 0.15) is 19.8 Å². The number of hydrogen-bond acceptors (Lipinski definition) is 4. The van der Waals surface area contributed by atoms with Crippen molar-refractivity contribution >= 4 is 11.8 Å². The molecule has 0 spiro atoms. The second kappa shape index (κ2) is 9.42. The Balaban J connectivity index is 1.87. The molecule has 7 heteroatoms. The van der Waals surface area contributed by atoms with Crippen LogP contribution in [0.2, 0.25) is 0 Å². The van der Waals surface area contributed by atoms with Crippen LogP contribution in [0, 0.1) is 5.82 Å². The third-order valence-electron chi connectivity index (χ3n) is 3.95. The lowest BCUT2D eigenvalue weighted by molar-refractivity contribution is 0.403. The molecule has 1 atom stereocenters. The molecule has 0 amide bonds. The second-order valence-electron chi connectivity index (χ2n) is 6.30. The molecule has 1 saturated heterocycles. The number of aliphatic imine (C=N–C) groups is 1. The van der Waals surface area contributed by atoms with E-state index in [2.05, 4.69) is 46.5 Å². The molecular weight excluding hydrogens is 307 g/mol. The first-order valence-electron chi connectivity index (χ1n) is 8.65. The van der Waals surface area contributed by atoms with Crippen LogP contribution in [0.3, 0.4) is 0 Å². The fourth-order valence-electron chi connectivity index (χ4n) is 2.77. The molecule has 2 heterocycles. The van der Waals surface area contributed by atoms with Gasteiger partial charge in [0.25, 0.3) is 0 Å². The van der Waals surface area contributed by atoms with Crippen molar-refractivity contribution < 1.29 is 4.39 Å². The van der Waals surface area contributed by atoms with Gasteiger partial charge < -0.3 is 20.4 Å². The predicted octanol–water partition coefficient (Wildman–Crippen LogP) is 1.31. The summed E-state index contributed by atoms with van der Waals surface area (Å²) in [6.07, 6.45) is 3.60. The molecule has 2 N–H and O–H groups in total. The molecule has 0 aliphatic carbocycles. The van der Waals surface area contributed by atoms with E-state index in [-0.39, 0.29) is 11.9 Å². The number of hydrogen-bond donors (Lipinski definition) is 2. The van der Waals surface area contributed by atoms with E-state index in [0.717, 1.165) is 51.5 Å². The molecule has 1 unspecified atom stereocenters. The Hall–Kier alpha value is -1.89. The number of nitrogens with one attached hydrogen (secondary N) is 2. The minimum Gasteiger partial charge on any atom is -0.357 e. The topological polar surface area (TPSA) is 55.8 Å². The van der Waals surface area contributed by atoms with Crippen molar-refractivity contribution in [3.63, 3.8) is 0 Å². The fourth-order valence-corrected chi connectivity index (χ4v) is 2.77. The molecule has 134 valence electrons. The van der Waals surface area contributed by atoms with Crippen molar-refractivity contribution in [3.05, 3.63) is 24.1 Å². The first kappa shape index (κ1) is 18.4. The molecule has 0 saturated carbocycles. The standard InChI is InChI=1S/C17H29FN6/c1-4-19-17(21-10-6-11-23(2)3)22-14-8-12-24(13-14)16-15(18)7-5-9-20-16/h5,7,9,14H,4,6,8,10-13H2,1-3H3,(H2,19,21,22). The van der Waals surface area contributed by atoms with Gasteiger partial charge in [0, 0.05) is 38.4 Å². The maximum atomic E-state index is 13.9. The van der Waals surface area contributed by atoms with Gasteiger partial charge in [-0.15, -0.1) is 0 Å². The monoisotopic (exact) mass is 336 g/mol. The van der Waals surface area contributed by atoms with E-state index in [1.54, 1.807) is 12.3 Å². The van der Waals surface area contributed by atoms with Crippen LogP contribution in [-0.4, -0.2) is 68.7 Å². The van der Waals surface area contributed by atoms with Crippen LogP contribution in [0.15, 0.2) is 23.3 Å². The van der Waals surface area contributed by atoms with Crippen LogP contribution < -0.4 is 15.5 Å². The molecule has 2 rings (SSSR count). The maximum absolute atomic E-state index is 13.9. The zero-order valence-electron chi connectivity index (χ0n) is 14.9. The SMILES string of the molecule is CCNC(=NCCCN(C)C)NC1CCN(c2ncccc2F)C1. The number of nitrogens with zero attached hydrogens (tertiary/aromatic N) is 4. The molecule has 1 aromatic rings. The van der Waals surface area contributed by atoms with Gasteiger partial charge >= 0.3 is 0 Å². The third-order valence-corrected chi connectivity index (χ3v) is 3.95. The predicted molar refractivity (Wildman–Crippen MR) is 97.1 cm³/mol. The molecule has 0 radical (unpaired) electrons. The highest BCUT2D eigenvalue weighted by Gasteiger charge is 2.25. The van der Waals surface area contributed by atoms with E-state index in [9.17, 15) is 4.39 Å². The van der Waals surface area contributed by atoms with Gasteiger partial charge in [0.05, 0.1) is 0 Å². The van der Waals surface area contributed by atoms with E-state index in [0.29, 0.717) is 5.82 Å². The Kier molecular flexibility index (Phi) is 7.24. The van der Waals surface area contributed by atoms with Crippen molar-refractivity contribution in [2.24, 2.45) is 4.99 Å². The number of pyridine rings is 1. The van der Waals surface area contributed by atoms with Gasteiger partial charge in [-0.25, -0.2) is 9.37 Å². The fraction of sp³-hybridized carbons (Fsp3) is 0.647. The first-order chi connectivity index (χ1) is 11.6. The minimum absolute atomic E-state index is 0.248. The van der Waals surface area contributed by atoms with Crippen molar-refractivity contribution in [2.45, 2.75) is 25.8 Å². The summed E-state index contributed by atoms with van der Waals surface area (Å²) in [5.74, 6) is 1.02. The number of guanidine groups is 1. The van der Waals surface area contributed by atoms with Crippen LogP contribution in [0.5, 0.6) is 0 Å². The van der Waals surface area contributed by atoms with Crippen molar-refractivity contribution in [1.29, 1.82) is 0 Å². The zero-order valence-corrected chi connectivity index (χ0v) is 14.9. The van der Waals surface area contributed by atoms with E-state index in [1.807, 2.05) is 4.90 Å². The Morgan fingerprint density at radius 2 is 2.33 bits per heavy atom. The normalized spacial score (nSPS) is 18.3. The average molecular weight is 336 g/mol. The lowest BCUT2D eigenvalue weighted by atomic mass is 10.3. The molecule has 1 aliphatic heterocycles. The Labute approximate surface area is 144 Å². The van der Waals surface area contributed by atoms with Gasteiger partial charge in [0.1, 0.15) is 0 Å². The molecule has 24 heavy (non-hydrogen) atoms. The summed E-state index contributed by atoms with van der Waals surface area (Å²) in [6, 6.07) is 3.33. The highest BCUT2D eigenvalue weighted by atomic mass is 19.1. The molecule has 1 aliphatic rings. The van der Waals surface area contributed by atoms with Crippen molar-refractivity contribution in [3.8, 4) is 0 Å². The number of aromatic nitrogens is 1. The zero-order chi connectivity index (χ0) is 17.4. The van der Waals surface area contributed by atoms with E-state index >= 15 is 0 Å². The van der Waals surface area contributed by atoms with Gasteiger partial charge in [-0.1, -0.05) is 0 Å². The van der Waals surface area contributed by atoms with Gasteiger partial charge in [-0.05, 0) is 52.5 Å². The highest BCUT2D eigenvalue weighted by molar-refractivity contribution is 5.80. The number of rotatable bonds is 7. The van der Waals surface area contributed by atoms with Crippen LogP contribution in [0.4, 0.5) is 10.2 Å². The largest absolute Gasteiger partial charge is 0.357 e. The maximum Gasteiger partial charge on any atom is 0.191 e. The molecular formula is C17H29FN6. The van der Waals surface area contributed by atoms with Gasteiger partial charge in [0.15, 0.2) is 17.6 Å². The van der Waals surface area contributed by atoms with Gasteiger partial charge in [0.2, 0.25) is 0 Å². The molecule has 1 aromatic heterocycles. The third kappa shape index (κ3) is 5.63. The van der Waals surface area contributed by atoms with Gasteiger partial charge in [-0.3, -0.25) is 4.99 Å². The lowest BCUT2D eigenvalue weighted by Gasteiger charge is -2.20. The summed E-state index contributed by atoms with van der Waals surface area (Å²) in [5.41, 5.74) is 0. The van der Waals surface area contributed by atoms with Crippen molar-refractivity contribution in [1.82, 2.24) is 20.5 Å². The van der Waals surface area contributed by atoms with Crippen LogP contribution in [-0.2, 0) is 0 Å². The van der Waals surface area contributed by atoms with Crippen LogP contribution >= 0.6 is 0 Å². The van der Waals surface area contributed by atoms with Gasteiger partial charge in [-0.2, -0.15) is 0 Å². The van der Waals surface area contributed by atoms with E-state index in [4.69, 9.17) is 0 Å². The smallest absolute Gasteiger partial charge is 0.191 e. The van der Waals surface area contributed by atoms with E-state index < -0.39 is 0 Å². The molecule has 0 bridgehead atoms. The van der Waals surface area contributed by atoms with E-state index in [1.165, 1.54) is 6.07 Å². The van der Waals surface area contributed by atoms with Crippen molar-refractivity contribution in [2.75, 3.05) is 51.7 Å². The highest BCUT2D eigenvalue weighted by Crippen LogP contribution is 2.20. The second-order valence-corrected chi connectivity index (χ2v) is 6.30. The Bertz CT molecular complexity index is 534. The average Bonchev–Trinajstić information content (AvgIpc) is 3.00. The number of anilines is 1. The molecule has 6 nitrogen and oxygen atoms in total. The summed E-state index contributed by atoms with van der Waals surface area (Å²) in [4.78, 5) is 12.9. The lowest BCUT2D eigenvalue weighted by Crippen LogP contribution is -2.44. The summed E-state index contributed by atoms with van der Waals surface area (Å²) in [7, 11) is 4.13. The first-order valence-corrected chi connectivity index (χ1v) is 8.65. The number of halogens is 1. The molecule has 1 fully saturated rings. The summed E-state index contributed by atoms with van der Waals surface area (Å²) >= 11 is 0. The summed E-state index contributed by atoms with van der Waals surface area (Å²) in [6.45, 7) is 6.23. The quantitative estimate of drug-likeness (QED) is 0.447. The minimum atomic E-state index is -0.262. The molecule has 0 aromatic carbocycles. The summed E-state index contributed by atoms with van der Waals surface area (Å²) < 4.78 is 13.9.